The first-order valence-corrected chi connectivity index (χ1v) is 7.32. The van der Waals surface area contributed by atoms with Crippen molar-refractivity contribution >= 4 is 28.2 Å². The van der Waals surface area contributed by atoms with E-state index in [4.69, 9.17) is 0 Å². The molecule has 6 nitrogen and oxygen atoms in total. The highest BCUT2D eigenvalue weighted by Crippen LogP contribution is 2.19. The summed E-state index contributed by atoms with van der Waals surface area (Å²) in [5, 5.41) is 11.6. The molecule has 20 heavy (non-hydrogen) atoms. The van der Waals surface area contributed by atoms with Gasteiger partial charge in [-0.3, -0.25) is 4.79 Å². The molecule has 0 aliphatic carbocycles. The van der Waals surface area contributed by atoms with E-state index in [1.807, 2.05) is 18.2 Å². The van der Waals surface area contributed by atoms with E-state index in [0.29, 0.717) is 29.1 Å². The predicted octanol–water partition coefficient (Wildman–Crippen LogP) is 1.23. The molecular weight excluding hydrogens is 274 g/mol. The Hall–Kier alpha value is -1.99. The fourth-order valence-corrected chi connectivity index (χ4v) is 2.50. The van der Waals surface area contributed by atoms with Crippen LogP contribution in [-0.4, -0.2) is 35.5 Å². The second kappa shape index (κ2) is 5.98. The lowest BCUT2D eigenvalue weighted by Crippen LogP contribution is -2.48. The number of hydrogen-bond donors (Lipinski definition) is 3. The summed E-state index contributed by atoms with van der Waals surface area (Å²) in [5.41, 5.74) is 0.445. The number of amides is 1. The highest BCUT2D eigenvalue weighted by molar-refractivity contribution is 7.14. The number of nitrogens with one attached hydrogen (secondary N) is 3. The van der Waals surface area contributed by atoms with Crippen LogP contribution >= 0.6 is 11.3 Å². The maximum atomic E-state index is 11.9. The van der Waals surface area contributed by atoms with Crippen LogP contribution in [0, 0.1) is 5.92 Å². The highest BCUT2D eigenvalue weighted by Gasteiger charge is 2.18. The summed E-state index contributed by atoms with van der Waals surface area (Å²) in [6.07, 6.45) is 1.70. The van der Waals surface area contributed by atoms with Gasteiger partial charge in [-0.2, -0.15) is 0 Å². The molecule has 3 rings (SSSR count). The molecule has 0 saturated carbocycles. The highest BCUT2D eigenvalue weighted by atomic mass is 32.1. The minimum Gasteiger partial charge on any atom is -0.350 e. The number of carbonyl (C=O) groups is 1. The van der Waals surface area contributed by atoms with Crippen molar-refractivity contribution in [1.29, 1.82) is 0 Å². The Kier molecular flexibility index (Phi) is 3.89. The van der Waals surface area contributed by atoms with Gasteiger partial charge in [-0.1, -0.05) is 6.07 Å². The van der Waals surface area contributed by atoms with Gasteiger partial charge in [0.05, 0.1) is 0 Å². The van der Waals surface area contributed by atoms with Gasteiger partial charge in [-0.15, -0.1) is 11.3 Å². The molecule has 0 unspecified atom stereocenters. The maximum absolute atomic E-state index is 11.9. The third-order valence-corrected chi connectivity index (χ3v) is 3.81. The van der Waals surface area contributed by atoms with E-state index in [2.05, 4.69) is 25.9 Å². The molecule has 1 aliphatic heterocycles. The van der Waals surface area contributed by atoms with Crippen molar-refractivity contribution in [2.24, 2.45) is 5.92 Å². The van der Waals surface area contributed by atoms with Crippen LogP contribution in [0.25, 0.3) is 0 Å². The molecule has 0 radical (unpaired) electrons. The van der Waals surface area contributed by atoms with Gasteiger partial charge in [-0.25, -0.2) is 9.97 Å². The number of thiazole rings is 1. The molecule has 104 valence electrons. The van der Waals surface area contributed by atoms with Crippen LogP contribution in [-0.2, 0) is 0 Å². The topological polar surface area (TPSA) is 78.9 Å². The first-order valence-electron chi connectivity index (χ1n) is 6.44. The van der Waals surface area contributed by atoms with Gasteiger partial charge >= 0.3 is 0 Å². The van der Waals surface area contributed by atoms with E-state index in [-0.39, 0.29) is 5.91 Å². The van der Waals surface area contributed by atoms with Gasteiger partial charge in [0.2, 0.25) is 0 Å². The zero-order valence-corrected chi connectivity index (χ0v) is 11.6. The van der Waals surface area contributed by atoms with Gasteiger partial charge in [0.15, 0.2) is 5.13 Å². The molecule has 1 fully saturated rings. The molecule has 1 aliphatic rings. The van der Waals surface area contributed by atoms with E-state index >= 15 is 0 Å². The fourth-order valence-electron chi connectivity index (χ4n) is 1.80. The molecule has 3 N–H and O–H groups in total. The lowest BCUT2D eigenvalue weighted by Gasteiger charge is -2.26. The summed E-state index contributed by atoms with van der Waals surface area (Å²) in [4.78, 5) is 20.3. The van der Waals surface area contributed by atoms with E-state index in [1.165, 1.54) is 11.3 Å². The van der Waals surface area contributed by atoms with Crippen molar-refractivity contribution in [3.8, 4) is 0 Å². The predicted molar refractivity (Wildman–Crippen MR) is 78.3 cm³/mol. The Labute approximate surface area is 120 Å². The molecule has 1 saturated heterocycles. The number of pyridine rings is 1. The molecule has 1 amide bonds. The van der Waals surface area contributed by atoms with Gasteiger partial charge < -0.3 is 16.0 Å². The number of hydrogen-bond acceptors (Lipinski definition) is 6. The number of nitrogens with zero attached hydrogens (tertiary/aromatic N) is 2. The molecule has 2 aromatic heterocycles. The van der Waals surface area contributed by atoms with Crippen molar-refractivity contribution in [3.05, 3.63) is 35.5 Å². The van der Waals surface area contributed by atoms with Crippen molar-refractivity contribution in [3.63, 3.8) is 0 Å². The third kappa shape index (κ3) is 3.12. The summed E-state index contributed by atoms with van der Waals surface area (Å²) < 4.78 is 0. The molecule has 7 heteroatoms. The first kappa shape index (κ1) is 13.0. The average Bonchev–Trinajstić information content (AvgIpc) is 2.86. The maximum Gasteiger partial charge on any atom is 0.270 e. The number of aromatic nitrogens is 2. The van der Waals surface area contributed by atoms with Crippen LogP contribution in [0.1, 0.15) is 10.5 Å². The summed E-state index contributed by atoms with van der Waals surface area (Å²) in [7, 11) is 0. The molecule has 3 heterocycles. The number of anilines is 2. The normalized spacial score (nSPS) is 14.6. The average molecular weight is 289 g/mol. The van der Waals surface area contributed by atoms with Gasteiger partial charge in [-0.05, 0) is 12.1 Å². The Morgan fingerprint density at radius 3 is 3.05 bits per heavy atom. The van der Waals surface area contributed by atoms with Crippen molar-refractivity contribution in [2.45, 2.75) is 0 Å². The van der Waals surface area contributed by atoms with Gasteiger partial charge in [0.25, 0.3) is 5.91 Å². The van der Waals surface area contributed by atoms with Crippen molar-refractivity contribution in [1.82, 2.24) is 20.6 Å². The Morgan fingerprint density at radius 1 is 1.45 bits per heavy atom. The van der Waals surface area contributed by atoms with E-state index in [0.717, 1.165) is 13.1 Å². The lowest BCUT2D eigenvalue weighted by molar-refractivity contribution is 0.0938. The van der Waals surface area contributed by atoms with E-state index < -0.39 is 0 Å². The number of rotatable bonds is 5. The van der Waals surface area contributed by atoms with E-state index in [9.17, 15) is 4.79 Å². The molecule has 2 aromatic rings. The van der Waals surface area contributed by atoms with Crippen LogP contribution in [0.3, 0.4) is 0 Å². The van der Waals surface area contributed by atoms with Crippen LogP contribution in [0.15, 0.2) is 29.8 Å². The summed E-state index contributed by atoms with van der Waals surface area (Å²) in [6.45, 7) is 2.65. The minimum atomic E-state index is -0.123. The summed E-state index contributed by atoms with van der Waals surface area (Å²) in [5.74, 6) is 1.14. The monoisotopic (exact) mass is 289 g/mol. The van der Waals surface area contributed by atoms with Crippen LogP contribution in [0.4, 0.5) is 10.9 Å². The fraction of sp³-hybridized carbons (Fsp3) is 0.308. The summed E-state index contributed by atoms with van der Waals surface area (Å²) in [6, 6.07) is 5.59. The lowest BCUT2D eigenvalue weighted by atomic mass is 10.0. The largest absolute Gasteiger partial charge is 0.350 e. The smallest absolute Gasteiger partial charge is 0.270 e. The van der Waals surface area contributed by atoms with E-state index in [1.54, 1.807) is 11.6 Å². The first-order chi connectivity index (χ1) is 9.81. The minimum absolute atomic E-state index is 0.123. The Balaban J connectivity index is 1.56. The van der Waals surface area contributed by atoms with Gasteiger partial charge in [0, 0.05) is 37.1 Å². The quantitative estimate of drug-likeness (QED) is 0.771. The molecule has 0 atom stereocenters. The molecule has 0 spiro atoms. The van der Waals surface area contributed by atoms with Gasteiger partial charge in [0.1, 0.15) is 11.5 Å². The zero-order chi connectivity index (χ0) is 13.8. The Morgan fingerprint density at radius 2 is 2.35 bits per heavy atom. The van der Waals surface area contributed by atoms with Crippen molar-refractivity contribution in [2.75, 3.05) is 25.0 Å². The number of carbonyl (C=O) groups excluding carboxylic acids is 1. The van der Waals surface area contributed by atoms with Crippen molar-refractivity contribution < 1.29 is 4.79 Å². The van der Waals surface area contributed by atoms with Crippen LogP contribution in [0.5, 0.6) is 0 Å². The second-order valence-corrected chi connectivity index (χ2v) is 5.47. The summed E-state index contributed by atoms with van der Waals surface area (Å²) >= 11 is 1.39. The molecular formula is C13H15N5OS. The second-order valence-electron chi connectivity index (χ2n) is 4.61. The third-order valence-electron chi connectivity index (χ3n) is 3.05. The molecule has 0 bridgehead atoms. The molecule has 0 aromatic carbocycles. The van der Waals surface area contributed by atoms with Crippen LogP contribution in [0.2, 0.25) is 0 Å². The Bertz CT molecular complexity index is 581. The van der Waals surface area contributed by atoms with Crippen LogP contribution < -0.4 is 16.0 Å². The SMILES string of the molecule is O=C(NCC1CNC1)c1csc(Nc2ccccn2)n1. The standard InChI is InChI=1S/C13H15N5OS/c19-12(16-7-9-5-14-6-9)10-8-20-13(17-10)18-11-3-1-2-4-15-11/h1-4,8-9,14H,5-7H2,(H,16,19)(H,15,17,18). The zero-order valence-electron chi connectivity index (χ0n) is 10.8.